The summed E-state index contributed by atoms with van der Waals surface area (Å²) in [5, 5.41) is 11.9. The lowest BCUT2D eigenvalue weighted by Gasteiger charge is -2.14. The molecule has 4 nitrogen and oxygen atoms in total. The van der Waals surface area contributed by atoms with Crippen LogP contribution in [0.3, 0.4) is 0 Å². The van der Waals surface area contributed by atoms with Gasteiger partial charge >= 0.3 is 5.97 Å². The van der Waals surface area contributed by atoms with Gasteiger partial charge in [0, 0.05) is 22.2 Å². The Hall–Kier alpha value is -1.52. The lowest BCUT2D eigenvalue weighted by Crippen LogP contribution is -2.25. The first-order valence-electron chi connectivity index (χ1n) is 5.06. The van der Waals surface area contributed by atoms with E-state index in [2.05, 4.69) is 5.32 Å². The molecule has 0 aliphatic rings. The summed E-state index contributed by atoms with van der Waals surface area (Å²) >= 11 is 11.8. The third-order valence-corrected chi connectivity index (χ3v) is 2.73. The molecule has 18 heavy (non-hydrogen) atoms. The van der Waals surface area contributed by atoms with Crippen LogP contribution in [0, 0.1) is 0 Å². The number of carboxylic acids is 1. The zero-order chi connectivity index (χ0) is 13.7. The Morgan fingerprint density at radius 2 is 2.00 bits per heavy atom. The van der Waals surface area contributed by atoms with Crippen molar-refractivity contribution in [2.45, 2.75) is 13.0 Å². The molecule has 6 heteroatoms. The monoisotopic (exact) mass is 287 g/mol. The van der Waals surface area contributed by atoms with E-state index in [-0.39, 0.29) is 6.04 Å². The van der Waals surface area contributed by atoms with Crippen molar-refractivity contribution < 1.29 is 14.7 Å². The highest BCUT2D eigenvalue weighted by atomic mass is 35.5. The molecule has 0 saturated heterocycles. The maximum absolute atomic E-state index is 11.4. The molecule has 1 rings (SSSR count). The van der Waals surface area contributed by atoms with Crippen molar-refractivity contribution in [3.63, 3.8) is 0 Å². The lowest BCUT2D eigenvalue weighted by molar-refractivity contribution is -0.131. The number of benzene rings is 1. The van der Waals surface area contributed by atoms with Crippen LogP contribution >= 0.6 is 23.2 Å². The molecule has 0 aromatic heterocycles. The van der Waals surface area contributed by atoms with E-state index >= 15 is 0 Å². The predicted octanol–water partition coefficient (Wildman–Crippen LogP) is 2.81. The van der Waals surface area contributed by atoms with E-state index in [0.29, 0.717) is 15.6 Å². The molecule has 0 heterocycles. The summed E-state index contributed by atoms with van der Waals surface area (Å²) in [5.74, 6) is -1.68. The Bertz CT molecular complexity index is 500. The molecule has 0 saturated carbocycles. The Kier molecular flexibility index (Phi) is 5.19. The van der Waals surface area contributed by atoms with Crippen LogP contribution in [0.2, 0.25) is 10.0 Å². The fourth-order valence-electron chi connectivity index (χ4n) is 1.34. The van der Waals surface area contributed by atoms with Crippen molar-refractivity contribution >= 4 is 35.1 Å². The molecular formula is C12H11Cl2NO3. The van der Waals surface area contributed by atoms with Gasteiger partial charge in [-0.25, -0.2) is 4.79 Å². The summed E-state index contributed by atoms with van der Waals surface area (Å²) in [7, 11) is 0. The molecule has 0 fully saturated rings. The number of hydrogen-bond donors (Lipinski definition) is 2. The summed E-state index contributed by atoms with van der Waals surface area (Å²) in [5.41, 5.74) is 0.707. The van der Waals surface area contributed by atoms with Crippen LogP contribution < -0.4 is 5.32 Å². The minimum atomic E-state index is -1.18. The second kappa shape index (κ2) is 6.42. The van der Waals surface area contributed by atoms with Crippen LogP contribution in [0.5, 0.6) is 0 Å². The molecule has 1 amide bonds. The van der Waals surface area contributed by atoms with Gasteiger partial charge in [-0.3, -0.25) is 4.79 Å². The maximum Gasteiger partial charge on any atom is 0.328 e. The molecule has 0 aliphatic heterocycles. The van der Waals surface area contributed by atoms with Gasteiger partial charge in [0.15, 0.2) is 0 Å². The second-order valence-electron chi connectivity index (χ2n) is 3.57. The fourth-order valence-corrected chi connectivity index (χ4v) is 1.91. The standard InChI is InChI=1S/C12H11Cl2NO3/c1-7(15-11(16)4-5-12(17)18)9-3-2-8(13)6-10(9)14/h2-7H,1H3,(H,15,16)(H,17,18)/b5-4+. The molecule has 96 valence electrons. The van der Waals surface area contributed by atoms with Crippen LogP contribution in [0.1, 0.15) is 18.5 Å². The number of carboxylic acid groups (broad SMARTS) is 1. The van der Waals surface area contributed by atoms with E-state index in [0.717, 1.165) is 12.2 Å². The average molecular weight is 288 g/mol. The summed E-state index contributed by atoms with van der Waals surface area (Å²) in [4.78, 5) is 21.6. The molecule has 1 atom stereocenters. The lowest BCUT2D eigenvalue weighted by atomic mass is 10.1. The Labute approximate surface area is 114 Å². The van der Waals surface area contributed by atoms with Gasteiger partial charge in [0.25, 0.3) is 0 Å². The summed E-state index contributed by atoms with van der Waals surface area (Å²) in [6, 6.07) is 4.60. The zero-order valence-corrected chi connectivity index (χ0v) is 11.0. The van der Waals surface area contributed by atoms with Crippen LogP contribution in [-0.2, 0) is 9.59 Å². The van der Waals surface area contributed by atoms with E-state index in [1.54, 1.807) is 25.1 Å². The second-order valence-corrected chi connectivity index (χ2v) is 4.41. The van der Waals surface area contributed by atoms with Crippen LogP contribution in [0.4, 0.5) is 0 Å². The number of nitrogens with one attached hydrogen (secondary N) is 1. The van der Waals surface area contributed by atoms with Gasteiger partial charge in [-0.1, -0.05) is 29.3 Å². The molecule has 0 spiro atoms. The highest BCUT2D eigenvalue weighted by Crippen LogP contribution is 2.25. The third-order valence-electron chi connectivity index (χ3n) is 2.17. The summed E-state index contributed by atoms with van der Waals surface area (Å²) in [6.07, 6.45) is 1.72. The molecule has 1 aromatic carbocycles. The van der Waals surface area contributed by atoms with Crippen molar-refractivity contribution in [2.75, 3.05) is 0 Å². The highest BCUT2D eigenvalue weighted by Gasteiger charge is 2.11. The first kappa shape index (κ1) is 14.5. The SMILES string of the molecule is CC(NC(=O)/C=C/C(=O)O)c1ccc(Cl)cc1Cl. The largest absolute Gasteiger partial charge is 0.478 e. The molecule has 2 N–H and O–H groups in total. The van der Waals surface area contributed by atoms with E-state index < -0.39 is 11.9 Å². The van der Waals surface area contributed by atoms with Gasteiger partial charge in [0.1, 0.15) is 0 Å². The molecule has 0 aliphatic carbocycles. The van der Waals surface area contributed by atoms with Crippen molar-refractivity contribution in [3.05, 3.63) is 46.0 Å². The molecule has 1 aromatic rings. The number of rotatable bonds is 4. The molecule has 0 bridgehead atoms. The number of halogens is 2. The Morgan fingerprint density at radius 1 is 1.33 bits per heavy atom. The van der Waals surface area contributed by atoms with E-state index in [1.807, 2.05) is 0 Å². The van der Waals surface area contributed by atoms with Crippen molar-refractivity contribution in [1.82, 2.24) is 5.32 Å². The third kappa shape index (κ3) is 4.39. The fraction of sp³-hybridized carbons (Fsp3) is 0.167. The van der Waals surface area contributed by atoms with Gasteiger partial charge in [-0.2, -0.15) is 0 Å². The molecule has 1 unspecified atom stereocenters. The quantitative estimate of drug-likeness (QED) is 0.837. The first-order valence-corrected chi connectivity index (χ1v) is 5.82. The summed E-state index contributed by atoms with van der Waals surface area (Å²) in [6.45, 7) is 1.74. The predicted molar refractivity (Wildman–Crippen MR) is 69.8 cm³/mol. The number of hydrogen-bond acceptors (Lipinski definition) is 2. The van der Waals surface area contributed by atoms with Gasteiger partial charge in [0.2, 0.25) is 5.91 Å². The van der Waals surface area contributed by atoms with Crippen molar-refractivity contribution in [1.29, 1.82) is 0 Å². The van der Waals surface area contributed by atoms with Gasteiger partial charge in [-0.05, 0) is 24.6 Å². The number of carbonyl (C=O) groups is 2. The number of carbonyl (C=O) groups excluding carboxylic acids is 1. The number of amides is 1. The van der Waals surface area contributed by atoms with Crippen molar-refractivity contribution in [3.8, 4) is 0 Å². The van der Waals surface area contributed by atoms with E-state index in [9.17, 15) is 9.59 Å². The summed E-state index contributed by atoms with van der Waals surface area (Å²) < 4.78 is 0. The average Bonchev–Trinajstić information content (AvgIpc) is 2.26. The smallest absolute Gasteiger partial charge is 0.328 e. The number of aliphatic carboxylic acids is 1. The molecule has 0 radical (unpaired) electrons. The van der Waals surface area contributed by atoms with Gasteiger partial charge in [-0.15, -0.1) is 0 Å². The van der Waals surface area contributed by atoms with Crippen molar-refractivity contribution in [2.24, 2.45) is 0 Å². The van der Waals surface area contributed by atoms with Gasteiger partial charge in [0.05, 0.1) is 6.04 Å². The Morgan fingerprint density at radius 3 is 2.56 bits per heavy atom. The van der Waals surface area contributed by atoms with E-state index in [4.69, 9.17) is 28.3 Å². The van der Waals surface area contributed by atoms with Gasteiger partial charge < -0.3 is 10.4 Å². The maximum atomic E-state index is 11.4. The minimum Gasteiger partial charge on any atom is -0.478 e. The first-order chi connectivity index (χ1) is 8.40. The minimum absolute atomic E-state index is 0.347. The van der Waals surface area contributed by atoms with E-state index in [1.165, 1.54) is 0 Å². The van der Waals surface area contributed by atoms with Crippen LogP contribution in [0.25, 0.3) is 0 Å². The van der Waals surface area contributed by atoms with Crippen LogP contribution in [-0.4, -0.2) is 17.0 Å². The topological polar surface area (TPSA) is 66.4 Å². The normalized spacial score (nSPS) is 12.4. The van der Waals surface area contributed by atoms with Crippen LogP contribution in [0.15, 0.2) is 30.4 Å². The molecular weight excluding hydrogens is 277 g/mol. The Balaban J connectivity index is 2.73. The zero-order valence-electron chi connectivity index (χ0n) is 9.48. The highest BCUT2D eigenvalue weighted by molar-refractivity contribution is 6.35.